The molecule has 20 heavy (non-hydrogen) atoms. The first-order chi connectivity index (χ1) is 9.65. The molecule has 0 amide bonds. The minimum Gasteiger partial charge on any atom is -0.466 e. The van der Waals surface area contributed by atoms with Crippen molar-refractivity contribution in [3.63, 3.8) is 0 Å². The van der Waals surface area contributed by atoms with Crippen LogP contribution in [0.1, 0.15) is 54.5 Å². The molecule has 2 heteroatoms. The molecule has 0 bridgehead atoms. The first-order valence-electron chi connectivity index (χ1n) is 7.54. The molecule has 2 rings (SSSR count). The first kappa shape index (κ1) is 14.9. The van der Waals surface area contributed by atoms with E-state index >= 15 is 0 Å². The molecule has 0 aliphatic heterocycles. The Hall–Kier alpha value is -1.54. The van der Waals surface area contributed by atoms with Crippen molar-refractivity contribution in [2.75, 3.05) is 6.54 Å². The second-order valence-electron chi connectivity index (χ2n) is 5.35. The summed E-state index contributed by atoms with van der Waals surface area (Å²) in [4.78, 5) is 0. The zero-order valence-corrected chi connectivity index (χ0v) is 13.0. The highest BCUT2D eigenvalue weighted by Gasteiger charge is 2.18. The van der Waals surface area contributed by atoms with Crippen LogP contribution in [0, 0.1) is 13.8 Å². The smallest absolute Gasteiger partial charge is 0.106 e. The number of furan rings is 1. The fourth-order valence-electron chi connectivity index (χ4n) is 2.77. The summed E-state index contributed by atoms with van der Waals surface area (Å²) in [7, 11) is 0. The average Bonchev–Trinajstić information content (AvgIpc) is 2.75. The molecule has 2 aromatic rings. The average molecular weight is 271 g/mol. The molecule has 1 atom stereocenters. The van der Waals surface area contributed by atoms with E-state index in [2.05, 4.69) is 49.5 Å². The van der Waals surface area contributed by atoms with Gasteiger partial charge in [-0.25, -0.2) is 0 Å². The van der Waals surface area contributed by atoms with Crippen molar-refractivity contribution in [2.24, 2.45) is 0 Å². The lowest BCUT2D eigenvalue weighted by Gasteiger charge is -2.19. The highest BCUT2D eigenvalue weighted by atomic mass is 16.3. The molecule has 1 unspecified atom stereocenters. The highest BCUT2D eigenvalue weighted by molar-refractivity contribution is 5.36. The minimum atomic E-state index is 0.217. The van der Waals surface area contributed by atoms with Gasteiger partial charge in [0.2, 0.25) is 0 Å². The van der Waals surface area contributed by atoms with Gasteiger partial charge in [0.25, 0.3) is 0 Å². The number of hydrogen-bond acceptors (Lipinski definition) is 2. The number of aryl methyl sites for hydroxylation is 3. The van der Waals surface area contributed by atoms with Crippen LogP contribution in [0.3, 0.4) is 0 Å². The molecule has 0 aliphatic rings. The van der Waals surface area contributed by atoms with E-state index in [0.717, 1.165) is 24.5 Å². The van der Waals surface area contributed by atoms with E-state index in [4.69, 9.17) is 4.42 Å². The molecule has 1 heterocycles. The van der Waals surface area contributed by atoms with Crippen molar-refractivity contribution in [2.45, 2.75) is 46.6 Å². The van der Waals surface area contributed by atoms with Crippen molar-refractivity contribution in [3.8, 4) is 0 Å². The Morgan fingerprint density at radius 1 is 1.15 bits per heavy atom. The number of benzene rings is 1. The third-order valence-electron chi connectivity index (χ3n) is 3.62. The predicted octanol–water partition coefficient (Wildman–Crippen LogP) is 4.55. The quantitative estimate of drug-likeness (QED) is 0.834. The van der Waals surface area contributed by atoms with Crippen molar-refractivity contribution in [1.29, 1.82) is 0 Å². The maximum absolute atomic E-state index is 5.70. The highest BCUT2D eigenvalue weighted by Crippen LogP contribution is 2.28. The molecule has 1 N–H and O–H groups in total. The van der Waals surface area contributed by atoms with E-state index in [1.165, 1.54) is 23.1 Å². The Morgan fingerprint density at radius 2 is 1.95 bits per heavy atom. The molecule has 1 aromatic carbocycles. The van der Waals surface area contributed by atoms with Gasteiger partial charge in [-0.3, -0.25) is 0 Å². The van der Waals surface area contributed by atoms with Gasteiger partial charge in [-0.2, -0.15) is 0 Å². The molecule has 2 nitrogen and oxygen atoms in total. The zero-order valence-electron chi connectivity index (χ0n) is 13.0. The maximum atomic E-state index is 5.70. The number of hydrogen-bond donors (Lipinski definition) is 1. The molecule has 1 aromatic heterocycles. The van der Waals surface area contributed by atoms with Gasteiger partial charge < -0.3 is 9.73 Å². The first-order valence-corrected chi connectivity index (χ1v) is 7.54. The zero-order chi connectivity index (χ0) is 14.5. The van der Waals surface area contributed by atoms with E-state index < -0.39 is 0 Å². The maximum Gasteiger partial charge on any atom is 0.106 e. The molecule has 0 saturated heterocycles. The van der Waals surface area contributed by atoms with E-state index in [1.807, 2.05) is 13.8 Å². The molecule has 0 fully saturated rings. The van der Waals surface area contributed by atoms with Crippen molar-refractivity contribution in [3.05, 3.63) is 58.5 Å². The van der Waals surface area contributed by atoms with E-state index in [1.54, 1.807) is 0 Å². The van der Waals surface area contributed by atoms with Crippen LogP contribution in [-0.2, 0) is 6.42 Å². The lowest BCUT2D eigenvalue weighted by Crippen LogP contribution is -2.22. The molecule has 0 spiro atoms. The Bertz CT molecular complexity index is 556. The minimum absolute atomic E-state index is 0.217. The van der Waals surface area contributed by atoms with Gasteiger partial charge in [-0.05, 0) is 44.0 Å². The van der Waals surface area contributed by atoms with Gasteiger partial charge in [0, 0.05) is 5.56 Å². The normalized spacial score (nSPS) is 12.6. The van der Waals surface area contributed by atoms with Crippen LogP contribution in [0.2, 0.25) is 0 Å². The van der Waals surface area contributed by atoms with Crippen molar-refractivity contribution >= 4 is 0 Å². The van der Waals surface area contributed by atoms with E-state index in [9.17, 15) is 0 Å². The Balaban J connectivity index is 2.37. The Labute approximate surface area is 122 Å². The van der Waals surface area contributed by atoms with Crippen molar-refractivity contribution in [1.82, 2.24) is 5.32 Å². The molecular weight excluding hydrogens is 246 g/mol. The summed E-state index contributed by atoms with van der Waals surface area (Å²) in [5.41, 5.74) is 3.98. The summed E-state index contributed by atoms with van der Waals surface area (Å²) < 4.78 is 5.70. The van der Waals surface area contributed by atoms with Crippen LogP contribution < -0.4 is 5.32 Å². The van der Waals surface area contributed by atoms with Gasteiger partial charge in [0.05, 0.1) is 6.04 Å². The van der Waals surface area contributed by atoms with Gasteiger partial charge >= 0.3 is 0 Å². The largest absolute Gasteiger partial charge is 0.466 e. The fraction of sp³-hybridized carbons (Fsp3) is 0.444. The number of rotatable bonds is 6. The Kier molecular flexibility index (Phi) is 5.02. The van der Waals surface area contributed by atoms with Gasteiger partial charge in [-0.1, -0.05) is 44.5 Å². The second-order valence-corrected chi connectivity index (χ2v) is 5.35. The topological polar surface area (TPSA) is 25.2 Å². The van der Waals surface area contributed by atoms with Crippen LogP contribution >= 0.6 is 0 Å². The fourth-order valence-corrected chi connectivity index (χ4v) is 2.77. The third kappa shape index (κ3) is 3.31. The summed E-state index contributed by atoms with van der Waals surface area (Å²) in [5.74, 6) is 1.99. The van der Waals surface area contributed by atoms with Crippen LogP contribution in [-0.4, -0.2) is 6.54 Å². The summed E-state index contributed by atoms with van der Waals surface area (Å²) in [6.07, 6.45) is 2.31. The summed E-state index contributed by atoms with van der Waals surface area (Å²) >= 11 is 0. The lowest BCUT2D eigenvalue weighted by molar-refractivity contribution is 0.495. The van der Waals surface area contributed by atoms with Gasteiger partial charge in [0.15, 0.2) is 0 Å². The predicted molar refractivity (Wildman–Crippen MR) is 84.1 cm³/mol. The van der Waals surface area contributed by atoms with Gasteiger partial charge in [0.1, 0.15) is 11.5 Å². The van der Waals surface area contributed by atoms with Crippen LogP contribution in [0.15, 0.2) is 34.7 Å². The summed E-state index contributed by atoms with van der Waals surface area (Å²) in [6.45, 7) is 9.35. The monoisotopic (exact) mass is 271 g/mol. The summed E-state index contributed by atoms with van der Waals surface area (Å²) in [5, 5.41) is 3.58. The second kappa shape index (κ2) is 6.76. The molecule has 0 radical (unpaired) electrons. The van der Waals surface area contributed by atoms with Crippen LogP contribution in [0.5, 0.6) is 0 Å². The molecule has 0 aliphatic carbocycles. The molecule has 0 saturated carbocycles. The third-order valence-corrected chi connectivity index (χ3v) is 3.62. The standard InChI is InChI=1S/C18H25NO/c1-5-8-15-9-7-10-16(12-15)18(19-6-2)17-11-13(3)20-14(17)4/h7,9-12,18-19H,5-6,8H2,1-4H3. The Morgan fingerprint density at radius 3 is 2.55 bits per heavy atom. The lowest BCUT2D eigenvalue weighted by atomic mass is 9.96. The van der Waals surface area contributed by atoms with Gasteiger partial charge in [-0.15, -0.1) is 0 Å². The SMILES string of the molecule is CCCc1cccc(C(NCC)c2cc(C)oc2C)c1. The summed E-state index contributed by atoms with van der Waals surface area (Å²) in [6, 6.07) is 11.3. The van der Waals surface area contributed by atoms with E-state index in [-0.39, 0.29) is 6.04 Å². The van der Waals surface area contributed by atoms with E-state index in [0.29, 0.717) is 0 Å². The van der Waals surface area contributed by atoms with Crippen LogP contribution in [0.4, 0.5) is 0 Å². The molecular formula is C18H25NO. The molecule has 108 valence electrons. The van der Waals surface area contributed by atoms with Crippen LogP contribution in [0.25, 0.3) is 0 Å². The number of nitrogens with one attached hydrogen (secondary N) is 1. The van der Waals surface area contributed by atoms with Crippen molar-refractivity contribution < 1.29 is 4.42 Å².